The number of carbonyl (C=O) groups is 1. The monoisotopic (exact) mass is 216 g/mol. The van der Waals surface area contributed by atoms with E-state index in [1.165, 1.54) is 0 Å². The summed E-state index contributed by atoms with van der Waals surface area (Å²) in [6.07, 6.45) is 3.16. The van der Waals surface area contributed by atoms with E-state index in [9.17, 15) is 4.79 Å². The number of fused-ring (bicyclic) bond motifs is 1. The molecule has 1 heterocycles. The summed E-state index contributed by atoms with van der Waals surface area (Å²) in [4.78, 5) is 14.3. The van der Waals surface area contributed by atoms with Crippen molar-refractivity contribution < 1.29 is 4.79 Å². The predicted molar refractivity (Wildman–Crippen MR) is 67.1 cm³/mol. The van der Waals surface area contributed by atoms with Crippen LogP contribution in [0.25, 0.3) is 10.9 Å². The molecule has 0 fully saturated rings. The van der Waals surface area contributed by atoms with Crippen LogP contribution in [-0.4, -0.2) is 17.8 Å². The van der Waals surface area contributed by atoms with Crippen LogP contribution >= 0.6 is 0 Å². The summed E-state index contributed by atoms with van der Waals surface area (Å²) in [5.74, 6) is 0.838. The van der Waals surface area contributed by atoms with Gasteiger partial charge in [-0.2, -0.15) is 0 Å². The Hall–Kier alpha value is -1.77. The van der Waals surface area contributed by atoms with Crippen LogP contribution in [0.3, 0.4) is 0 Å². The van der Waals surface area contributed by atoms with E-state index in [0.29, 0.717) is 0 Å². The van der Waals surface area contributed by atoms with Gasteiger partial charge in [-0.3, -0.25) is 4.79 Å². The van der Waals surface area contributed by atoms with Crippen LogP contribution in [0.4, 0.5) is 5.82 Å². The van der Waals surface area contributed by atoms with Gasteiger partial charge in [-0.25, -0.2) is 0 Å². The average Bonchev–Trinajstić information content (AvgIpc) is 2.67. The van der Waals surface area contributed by atoms with Gasteiger partial charge in [0, 0.05) is 17.4 Å². The van der Waals surface area contributed by atoms with Crippen LogP contribution in [-0.2, 0) is 0 Å². The summed E-state index contributed by atoms with van der Waals surface area (Å²) >= 11 is 0. The Labute approximate surface area is 94.9 Å². The fourth-order valence-corrected chi connectivity index (χ4v) is 1.82. The Morgan fingerprint density at radius 2 is 2.19 bits per heavy atom. The number of anilines is 1. The summed E-state index contributed by atoms with van der Waals surface area (Å²) in [6, 6.07) is 7.84. The predicted octanol–water partition coefficient (Wildman–Crippen LogP) is 3.19. The van der Waals surface area contributed by atoms with Crippen molar-refractivity contribution in [3.8, 4) is 0 Å². The highest BCUT2D eigenvalue weighted by Crippen LogP contribution is 2.24. The Bertz CT molecular complexity index is 488. The van der Waals surface area contributed by atoms with Gasteiger partial charge in [0.05, 0.1) is 5.56 Å². The summed E-state index contributed by atoms with van der Waals surface area (Å²) < 4.78 is 0. The molecule has 1 aromatic carbocycles. The molecule has 0 bridgehead atoms. The fourth-order valence-electron chi connectivity index (χ4n) is 1.82. The molecule has 0 aliphatic carbocycles. The van der Waals surface area contributed by atoms with E-state index in [1.54, 1.807) is 0 Å². The van der Waals surface area contributed by atoms with Crippen molar-refractivity contribution in [3.05, 3.63) is 29.8 Å². The lowest BCUT2D eigenvalue weighted by molar-refractivity contribution is 0.112. The number of aromatic amines is 1. The Kier molecular flexibility index (Phi) is 3.25. The molecule has 16 heavy (non-hydrogen) atoms. The number of nitrogens with one attached hydrogen (secondary N) is 2. The molecule has 2 rings (SSSR count). The SMILES string of the molecule is CCCCNc1[nH]c2ccccc2c1C=O. The summed E-state index contributed by atoms with van der Waals surface area (Å²) in [5, 5.41) is 4.25. The largest absolute Gasteiger partial charge is 0.371 e. The lowest BCUT2D eigenvalue weighted by Gasteiger charge is -2.02. The highest BCUT2D eigenvalue weighted by Gasteiger charge is 2.08. The van der Waals surface area contributed by atoms with Crippen LogP contribution in [0, 0.1) is 0 Å². The van der Waals surface area contributed by atoms with E-state index in [1.807, 2.05) is 24.3 Å². The Morgan fingerprint density at radius 1 is 1.38 bits per heavy atom. The summed E-state index contributed by atoms with van der Waals surface area (Å²) in [7, 11) is 0. The van der Waals surface area contributed by atoms with Gasteiger partial charge in [0.15, 0.2) is 6.29 Å². The van der Waals surface area contributed by atoms with Gasteiger partial charge in [0.25, 0.3) is 0 Å². The van der Waals surface area contributed by atoms with Gasteiger partial charge in [0.2, 0.25) is 0 Å². The normalized spacial score (nSPS) is 10.6. The Balaban J connectivity index is 2.33. The molecule has 3 nitrogen and oxygen atoms in total. The molecule has 0 unspecified atom stereocenters. The first kappa shape index (κ1) is 10.7. The minimum absolute atomic E-state index is 0.728. The van der Waals surface area contributed by atoms with E-state index >= 15 is 0 Å². The number of benzene rings is 1. The number of para-hydroxylation sites is 1. The number of carbonyl (C=O) groups excluding carboxylic acids is 1. The first-order chi connectivity index (χ1) is 7.86. The Morgan fingerprint density at radius 3 is 2.94 bits per heavy atom. The van der Waals surface area contributed by atoms with Crippen molar-refractivity contribution in [2.24, 2.45) is 0 Å². The van der Waals surface area contributed by atoms with Crippen LogP contribution in [0.1, 0.15) is 30.1 Å². The van der Waals surface area contributed by atoms with E-state index in [0.717, 1.165) is 48.0 Å². The molecule has 0 atom stereocenters. The highest BCUT2D eigenvalue weighted by atomic mass is 16.1. The zero-order valence-corrected chi connectivity index (χ0v) is 9.42. The van der Waals surface area contributed by atoms with Crippen LogP contribution < -0.4 is 5.32 Å². The first-order valence-electron chi connectivity index (χ1n) is 5.66. The third-order valence-corrected chi connectivity index (χ3v) is 2.70. The van der Waals surface area contributed by atoms with Crippen molar-refractivity contribution in [2.75, 3.05) is 11.9 Å². The third kappa shape index (κ3) is 1.94. The summed E-state index contributed by atoms with van der Waals surface area (Å²) in [5.41, 5.74) is 1.73. The van der Waals surface area contributed by atoms with E-state index in [2.05, 4.69) is 17.2 Å². The van der Waals surface area contributed by atoms with E-state index in [-0.39, 0.29) is 0 Å². The smallest absolute Gasteiger partial charge is 0.154 e. The molecule has 0 radical (unpaired) electrons. The van der Waals surface area contributed by atoms with Gasteiger partial charge in [0.1, 0.15) is 5.82 Å². The van der Waals surface area contributed by atoms with E-state index in [4.69, 9.17) is 0 Å². The van der Waals surface area contributed by atoms with Gasteiger partial charge < -0.3 is 10.3 Å². The van der Waals surface area contributed by atoms with Crippen molar-refractivity contribution >= 4 is 23.0 Å². The second-order valence-electron chi connectivity index (χ2n) is 3.86. The highest BCUT2D eigenvalue weighted by molar-refractivity contribution is 6.03. The van der Waals surface area contributed by atoms with Crippen LogP contribution in [0.15, 0.2) is 24.3 Å². The number of rotatable bonds is 5. The minimum atomic E-state index is 0.728. The maximum absolute atomic E-state index is 11.1. The van der Waals surface area contributed by atoms with Crippen molar-refractivity contribution in [1.82, 2.24) is 4.98 Å². The van der Waals surface area contributed by atoms with Gasteiger partial charge >= 0.3 is 0 Å². The molecule has 0 amide bonds. The number of hydrogen-bond acceptors (Lipinski definition) is 2. The number of aromatic nitrogens is 1. The molecule has 2 aromatic rings. The number of hydrogen-bond donors (Lipinski definition) is 2. The standard InChI is InChI=1S/C13H16N2O/c1-2-3-8-14-13-11(9-16)10-6-4-5-7-12(10)15-13/h4-7,9,14-15H,2-3,8H2,1H3. The molecule has 0 aliphatic heterocycles. The van der Waals surface area contributed by atoms with Gasteiger partial charge in [-0.15, -0.1) is 0 Å². The van der Waals surface area contributed by atoms with Gasteiger partial charge in [-0.1, -0.05) is 31.5 Å². The lowest BCUT2D eigenvalue weighted by Crippen LogP contribution is -2.02. The van der Waals surface area contributed by atoms with Gasteiger partial charge in [-0.05, 0) is 12.5 Å². The van der Waals surface area contributed by atoms with Crippen molar-refractivity contribution in [2.45, 2.75) is 19.8 Å². The molecule has 3 heteroatoms. The number of aldehydes is 1. The molecule has 2 N–H and O–H groups in total. The molecule has 1 aromatic heterocycles. The van der Waals surface area contributed by atoms with Crippen molar-refractivity contribution in [3.63, 3.8) is 0 Å². The molecule has 0 saturated carbocycles. The van der Waals surface area contributed by atoms with Crippen LogP contribution in [0.2, 0.25) is 0 Å². The molecule has 0 saturated heterocycles. The average molecular weight is 216 g/mol. The minimum Gasteiger partial charge on any atom is -0.371 e. The zero-order chi connectivity index (χ0) is 11.4. The topological polar surface area (TPSA) is 44.9 Å². The lowest BCUT2D eigenvalue weighted by atomic mass is 10.2. The maximum Gasteiger partial charge on any atom is 0.154 e. The number of unbranched alkanes of at least 4 members (excludes halogenated alkanes) is 1. The molecule has 0 spiro atoms. The zero-order valence-electron chi connectivity index (χ0n) is 9.42. The summed E-state index contributed by atoms with van der Waals surface area (Å²) in [6.45, 7) is 3.04. The fraction of sp³-hybridized carbons (Fsp3) is 0.308. The third-order valence-electron chi connectivity index (χ3n) is 2.70. The molecule has 84 valence electrons. The van der Waals surface area contributed by atoms with Crippen LogP contribution in [0.5, 0.6) is 0 Å². The first-order valence-corrected chi connectivity index (χ1v) is 5.66. The molecular weight excluding hydrogens is 200 g/mol. The molecule has 0 aliphatic rings. The molecular formula is C13H16N2O. The number of H-pyrrole nitrogens is 1. The second kappa shape index (κ2) is 4.84. The maximum atomic E-state index is 11.1. The van der Waals surface area contributed by atoms with Crippen molar-refractivity contribution in [1.29, 1.82) is 0 Å². The second-order valence-corrected chi connectivity index (χ2v) is 3.86. The van der Waals surface area contributed by atoms with E-state index < -0.39 is 0 Å². The quantitative estimate of drug-likeness (QED) is 0.595.